The number of nitrogens with one attached hydrogen (secondary N) is 1. The van der Waals surface area contributed by atoms with Gasteiger partial charge in [0.25, 0.3) is 0 Å². The van der Waals surface area contributed by atoms with Gasteiger partial charge in [-0.15, -0.1) is 11.6 Å². The summed E-state index contributed by atoms with van der Waals surface area (Å²) < 4.78 is 0. The van der Waals surface area contributed by atoms with E-state index < -0.39 is 0 Å². The van der Waals surface area contributed by atoms with E-state index in [0.717, 1.165) is 5.92 Å². The second-order valence-corrected chi connectivity index (χ2v) is 3.95. The van der Waals surface area contributed by atoms with E-state index in [1.165, 1.54) is 32.4 Å². The molecule has 0 bridgehead atoms. The molecule has 0 aliphatic carbocycles. The maximum atomic E-state index is 5.89. The summed E-state index contributed by atoms with van der Waals surface area (Å²) in [6, 6.07) is 0. The molecule has 1 nitrogen and oxygen atoms in total. The number of hydrogen-bond acceptors (Lipinski definition) is 1. The first-order valence-corrected chi connectivity index (χ1v) is 4.57. The molecule has 1 aliphatic rings. The van der Waals surface area contributed by atoms with Crippen LogP contribution in [0.2, 0.25) is 0 Å². The molecule has 60 valence electrons. The van der Waals surface area contributed by atoms with Crippen molar-refractivity contribution in [3.63, 3.8) is 0 Å². The fourth-order valence-corrected chi connectivity index (χ4v) is 1.83. The smallest absolute Gasteiger partial charge is 0.0310 e. The molecule has 1 atom stereocenters. The van der Waals surface area contributed by atoms with Crippen molar-refractivity contribution in [3.8, 4) is 0 Å². The van der Waals surface area contributed by atoms with E-state index in [4.69, 9.17) is 11.6 Å². The Morgan fingerprint density at radius 3 is 2.60 bits per heavy atom. The largest absolute Gasteiger partial charge is 0.317 e. The van der Waals surface area contributed by atoms with Crippen molar-refractivity contribution in [3.05, 3.63) is 0 Å². The molecule has 1 rings (SSSR count). The average Bonchev–Trinajstić information content (AvgIpc) is 1.88. The summed E-state index contributed by atoms with van der Waals surface area (Å²) in [4.78, 5) is 0. The molecule has 0 radical (unpaired) electrons. The minimum absolute atomic E-state index is 0.364. The zero-order valence-electron chi connectivity index (χ0n) is 6.57. The lowest BCUT2D eigenvalue weighted by molar-refractivity contribution is 0.353. The van der Waals surface area contributed by atoms with Gasteiger partial charge in [-0.3, -0.25) is 0 Å². The first-order valence-electron chi connectivity index (χ1n) is 4.14. The summed E-state index contributed by atoms with van der Waals surface area (Å²) in [5, 5.41) is 3.71. The summed E-state index contributed by atoms with van der Waals surface area (Å²) in [7, 11) is 0. The number of rotatable bonds is 2. The molecule has 0 aromatic rings. The van der Waals surface area contributed by atoms with Gasteiger partial charge in [0, 0.05) is 5.38 Å². The van der Waals surface area contributed by atoms with E-state index in [0.29, 0.717) is 5.38 Å². The Balaban J connectivity index is 2.13. The fourth-order valence-electron chi connectivity index (χ4n) is 1.58. The predicted octanol–water partition coefficient (Wildman–Crippen LogP) is 2.00. The lowest BCUT2D eigenvalue weighted by atomic mass is 9.93. The molecular weight excluding hydrogens is 146 g/mol. The molecule has 1 aliphatic heterocycles. The molecule has 0 saturated carbocycles. The fraction of sp³-hybridized carbons (Fsp3) is 1.00. The highest BCUT2D eigenvalue weighted by Crippen LogP contribution is 2.19. The predicted molar refractivity (Wildman–Crippen MR) is 45.5 cm³/mol. The lowest BCUT2D eigenvalue weighted by Crippen LogP contribution is -2.28. The van der Waals surface area contributed by atoms with Gasteiger partial charge in [-0.1, -0.05) is 0 Å². The Kier molecular flexibility index (Phi) is 3.50. The topological polar surface area (TPSA) is 12.0 Å². The summed E-state index contributed by atoms with van der Waals surface area (Å²) in [5.41, 5.74) is 0. The molecule has 1 saturated heterocycles. The summed E-state index contributed by atoms with van der Waals surface area (Å²) >= 11 is 5.89. The van der Waals surface area contributed by atoms with E-state index >= 15 is 0 Å². The summed E-state index contributed by atoms with van der Waals surface area (Å²) in [5.74, 6) is 0.883. The van der Waals surface area contributed by atoms with Gasteiger partial charge in [-0.2, -0.15) is 0 Å². The van der Waals surface area contributed by atoms with Crippen LogP contribution >= 0.6 is 11.6 Å². The second kappa shape index (κ2) is 4.20. The van der Waals surface area contributed by atoms with Crippen LogP contribution in [0.3, 0.4) is 0 Å². The Hall–Kier alpha value is 0.250. The van der Waals surface area contributed by atoms with E-state index in [1.54, 1.807) is 0 Å². The monoisotopic (exact) mass is 161 g/mol. The quantitative estimate of drug-likeness (QED) is 0.611. The van der Waals surface area contributed by atoms with Crippen molar-refractivity contribution in [1.82, 2.24) is 5.32 Å². The number of piperidine rings is 1. The Morgan fingerprint density at radius 1 is 1.50 bits per heavy atom. The molecule has 0 aromatic carbocycles. The minimum Gasteiger partial charge on any atom is -0.317 e. The Morgan fingerprint density at radius 2 is 2.10 bits per heavy atom. The van der Waals surface area contributed by atoms with Crippen LogP contribution in [0.15, 0.2) is 0 Å². The zero-order valence-corrected chi connectivity index (χ0v) is 7.32. The minimum atomic E-state index is 0.364. The molecule has 1 N–H and O–H groups in total. The number of alkyl halides is 1. The standard InChI is InChI=1S/C8H16ClN/c1-7(9)6-8-2-4-10-5-3-8/h7-8,10H,2-6H2,1H3. The summed E-state index contributed by atoms with van der Waals surface area (Å²) in [6.45, 7) is 4.46. The van der Waals surface area contributed by atoms with Gasteiger partial charge in [0.2, 0.25) is 0 Å². The van der Waals surface area contributed by atoms with Crippen molar-refractivity contribution >= 4 is 11.6 Å². The highest BCUT2D eigenvalue weighted by Gasteiger charge is 2.14. The highest BCUT2D eigenvalue weighted by atomic mass is 35.5. The number of hydrogen-bond donors (Lipinski definition) is 1. The van der Waals surface area contributed by atoms with E-state index in [9.17, 15) is 0 Å². The van der Waals surface area contributed by atoms with Crippen LogP contribution in [0.4, 0.5) is 0 Å². The van der Waals surface area contributed by atoms with Crippen LogP contribution in [0.1, 0.15) is 26.2 Å². The first kappa shape index (κ1) is 8.35. The van der Waals surface area contributed by atoms with Gasteiger partial charge in [0.15, 0.2) is 0 Å². The SMILES string of the molecule is CC(Cl)CC1CCNCC1. The van der Waals surface area contributed by atoms with E-state index in [2.05, 4.69) is 12.2 Å². The van der Waals surface area contributed by atoms with Gasteiger partial charge >= 0.3 is 0 Å². The third-order valence-corrected chi connectivity index (χ3v) is 2.30. The summed E-state index contributed by atoms with van der Waals surface area (Å²) in [6.07, 6.45) is 3.83. The van der Waals surface area contributed by atoms with E-state index in [-0.39, 0.29) is 0 Å². The molecule has 10 heavy (non-hydrogen) atoms. The molecule has 1 fully saturated rings. The maximum Gasteiger partial charge on any atom is 0.0310 e. The Labute approximate surface area is 68.1 Å². The van der Waals surface area contributed by atoms with Crippen molar-refractivity contribution in [2.75, 3.05) is 13.1 Å². The normalized spacial score (nSPS) is 24.6. The third kappa shape index (κ3) is 2.89. The molecule has 1 heterocycles. The van der Waals surface area contributed by atoms with Crippen molar-refractivity contribution in [2.45, 2.75) is 31.6 Å². The molecule has 0 spiro atoms. The van der Waals surface area contributed by atoms with Crippen molar-refractivity contribution in [2.24, 2.45) is 5.92 Å². The molecule has 0 amide bonds. The average molecular weight is 162 g/mol. The van der Waals surface area contributed by atoms with Crippen LogP contribution < -0.4 is 5.32 Å². The van der Waals surface area contributed by atoms with Crippen LogP contribution in [-0.4, -0.2) is 18.5 Å². The molecule has 2 heteroatoms. The van der Waals surface area contributed by atoms with Crippen LogP contribution in [0, 0.1) is 5.92 Å². The zero-order chi connectivity index (χ0) is 7.40. The van der Waals surface area contributed by atoms with Gasteiger partial charge < -0.3 is 5.32 Å². The first-order chi connectivity index (χ1) is 4.79. The molecule has 0 aromatic heterocycles. The van der Waals surface area contributed by atoms with E-state index in [1.807, 2.05) is 0 Å². The van der Waals surface area contributed by atoms with Gasteiger partial charge in [0.05, 0.1) is 0 Å². The molecular formula is C8H16ClN. The van der Waals surface area contributed by atoms with Gasteiger partial charge in [0.1, 0.15) is 0 Å². The lowest BCUT2D eigenvalue weighted by Gasteiger charge is -2.23. The number of halogens is 1. The van der Waals surface area contributed by atoms with Gasteiger partial charge in [-0.25, -0.2) is 0 Å². The maximum absolute atomic E-state index is 5.89. The van der Waals surface area contributed by atoms with Crippen molar-refractivity contribution in [1.29, 1.82) is 0 Å². The van der Waals surface area contributed by atoms with Crippen LogP contribution in [0.25, 0.3) is 0 Å². The Bertz CT molecular complexity index is 87.3. The molecule has 1 unspecified atom stereocenters. The second-order valence-electron chi connectivity index (χ2n) is 3.21. The highest BCUT2D eigenvalue weighted by molar-refractivity contribution is 6.20. The van der Waals surface area contributed by atoms with Crippen LogP contribution in [0.5, 0.6) is 0 Å². The van der Waals surface area contributed by atoms with Crippen molar-refractivity contribution < 1.29 is 0 Å². The van der Waals surface area contributed by atoms with Gasteiger partial charge in [-0.05, 0) is 45.2 Å². The third-order valence-electron chi connectivity index (χ3n) is 2.12. The van der Waals surface area contributed by atoms with Crippen LogP contribution in [-0.2, 0) is 0 Å².